The van der Waals surface area contributed by atoms with Gasteiger partial charge in [-0.15, -0.1) is 11.8 Å². The van der Waals surface area contributed by atoms with E-state index in [1.807, 2.05) is 0 Å². The van der Waals surface area contributed by atoms with E-state index in [0.717, 1.165) is 0 Å². The number of hydrogen-bond donors (Lipinski definition) is 1. The first-order chi connectivity index (χ1) is 11.0. The number of thioether (sulfide) groups is 1. The molecule has 0 radical (unpaired) electrons. The fourth-order valence-electron chi connectivity index (χ4n) is 2.04. The van der Waals surface area contributed by atoms with Crippen molar-refractivity contribution in [3.05, 3.63) is 46.4 Å². The van der Waals surface area contributed by atoms with Crippen molar-refractivity contribution in [2.75, 3.05) is 12.1 Å². The van der Waals surface area contributed by atoms with Crippen LogP contribution >= 0.6 is 35.0 Å². The van der Waals surface area contributed by atoms with Gasteiger partial charge in [0.1, 0.15) is 0 Å². The van der Waals surface area contributed by atoms with Gasteiger partial charge in [-0.25, -0.2) is 0 Å². The zero-order chi connectivity index (χ0) is 16.4. The van der Waals surface area contributed by atoms with Crippen LogP contribution < -0.4 is 14.8 Å². The van der Waals surface area contributed by atoms with E-state index < -0.39 is 0 Å². The molecule has 1 heterocycles. The summed E-state index contributed by atoms with van der Waals surface area (Å²) in [5, 5.41) is 3.55. The molecule has 1 aliphatic rings. The Bertz CT molecular complexity index is 734. The minimum absolute atomic E-state index is 0.148. The summed E-state index contributed by atoms with van der Waals surface area (Å²) in [6.45, 7) is 2.00. The van der Waals surface area contributed by atoms with Crippen LogP contribution in [0.2, 0.25) is 10.0 Å². The molecule has 1 aliphatic heterocycles. The molecule has 1 amide bonds. The molecule has 120 valence electrons. The molecular weight excluding hydrogens is 357 g/mol. The molecule has 3 rings (SSSR count). The molecule has 0 fully saturated rings. The molecule has 0 bridgehead atoms. The van der Waals surface area contributed by atoms with E-state index >= 15 is 0 Å². The molecular formula is C16H13Cl2NO3S. The fourth-order valence-corrected chi connectivity index (χ4v) is 3.59. The Morgan fingerprint density at radius 3 is 2.61 bits per heavy atom. The van der Waals surface area contributed by atoms with Gasteiger partial charge in [0.15, 0.2) is 11.5 Å². The van der Waals surface area contributed by atoms with Crippen LogP contribution in [0.4, 0.5) is 5.69 Å². The lowest BCUT2D eigenvalue weighted by Crippen LogP contribution is -2.22. The van der Waals surface area contributed by atoms with Crippen LogP contribution in [0.5, 0.6) is 11.5 Å². The standard InChI is InChI=1S/C16H13Cl2NO3S/c1-9(23-15-11(17)3-2-4-12(15)18)16(20)19-10-5-6-13-14(7-10)22-8-21-13/h2-7,9H,8H2,1H3,(H,19,20)/t9-/m1/s1. The number of rotatable bonds is 4. The van der Waals surface area contributed by atoms with E-state index in [-0.39, 0.29) is 18.0 Å². The van der Waals surface area contributed by atoms with E-state index in [9.17, 15) is 4.79 Å². The highest BCUT2D eigenvalue weighted by Gasteiger charge is 2.19. The van der Waals surface area contributed by atoms with Gasteiger partial charge in [-0.2, -0.15) is 0 Å². The Labute approximate surface area is 148 Å². The summed E-state index contributed by atoms with van der Waals surface area (Å²) in [6.07, 6.45) is 0. The summed E-state index contributed by atoms with van der Waals surface area (Å²) in [5.41, 5.74) is 0.650. The van der Waals surface area contributed by atoms with Crippen LogP contribution in [0.3, 0.4) is 0 Å². The second kappa shape index (κ2) is 6.91. The third-order valence-electron chi connectivity index (χ3n) is 3.22. The Balaban J connectivity index is 1.68. The molecule has 0 saturated heterocycles. The smallest absolute Gasteiger partial charge is 0.237 e. The van der Waals surface area contributed by atoms with Gasteiger partial charge in [-0.05, 0) is 31.2 Å². The zero-order valence-corrected chi connectivity index (χ0v) is 14.5. The van der Waals surface area contributed by atoms with Crippen LogP contribution in [-0.4, -0.2) is 18.0 Å². The first kappa shape index (κ1) is 16.3. The molecule has 0 saturated carbocycles. The average molecular weight is 370 g/mol. The minimum Gasteiger partial charge on any atom is -0.454 e. The van der Waals surface area contributed by atoms with Crippen molar-refractivity contribution in [3.8, 4) is 11.5 Å². The molecule has 0 aliphatic carbocycles. The SMILES string of the molecule is C[C@@H](Sc1c(Cl)cccc1Cl)C(=O)Nc1ccc2c(c1)OCO2. The second-order valence-electron chi connectivity index (χ2n) is 4.87. The van der Waals surface area contributed by atoms with Gasteiger partial charge in [0.25, 0.3) is 0 Å². The van der Waals surface area contributed by atoms with Crippen molar-refractivity contribution in [1.29, 1.82) is 0 Å². The van der Waals surface area contributed by atoms with Crippen LogP contribution in [-0.2, 0) is 4.79 Å². The monoisotopic (exact) mass is 369 g/mol. The van der Waals surface area contributed by atoms with Gasteiger partial charge >= 0.3 is 0 Å². The van der Waals surface area contributed by atoms with Gasteiger partial charge in [0.05, 0.1) is 15.3 Å². The van der Waals surface area contributed by atoms with Crippen molar-refractivity contribution < 1.29 is 14.3 Å². The van der Waals surface area contributed by atoms with Crippen LogP contribution in [0.1, 0.15) is 6.92 Å². The quantitative estimate of drug-likeness (QED) is 0.783. The van der Waals surface area contributed by atoms with E-state index in [1.165, 1.54) is 11.8 Å². The summed E-state index contributed by atoms with van der Waals surface area (Å²) in [4.78, 5) is 13.0. The minimum atomic E-state index is -0.363. The summed E-state index contributed by atoms with van der Waals surface area (Å²) >= 11 is 13.6. The lowest BCUT2D eigenvalue weighted by atomic mass is 10.2. The van der Waals surface area contributed by atoms with Crippen molar-refractivity contribution in [1.82, 2.24) is 0 Å². The third-order valence-corrected chi connectivity index (χ3v) is 5.32. The van der Waals surface area contributed by atoms with E-state index in [0.29, 0.717) is 32.1 Å². The second-order valence-corrected chi connectivity index (χ2v) is 7.03. The Morgan fingerprint density at radius 1 is 1.17 bits per heavy atom. The van der Waals surface area contributed by atoms with Crippen molar-refractivity contribution in [3.63, 3.8) is 0 Å². The molecule has 1 atom stereocenters. The maximum absolute atomic E-state index is 12.3. The molecule has 2 aromatic carbocycles. The van der Waals surface area contributed by atoms with Crippen molar-refractivity contribution >= 4 is 46.6 Å². The number of fused-ring (bicyclic) bond motifs is 1. The Kier molecular flexibility index (Phi) is 4.90. The summed E-state index contributed by atoms with van der Waals surface area (Å²) in [6, 6.07) is 10.5. The van der Waals surface area contributed by atoms with Gasteiger partial charge in [-0.1, -0.05) is 29.3 Å². The van der Waals surface area contributed by atoms with E-state index in [1.54, 1.807) is 43.3 Å². The molecule has 0 aromatic heterocycles. The average Bonchev–Trinajstić information content (AvgIpc) is 2.98. The summed E-state index contributed by atoms with van der Waals surface area (Å²) < 4.78 is 10.5. The number of hydrogen-bond acceptors (Lipinski definition) is 4. The molecule has 2 aromatic rings. The van der Waals surface area contributed by atoms with Gasteiger partial charge in [-0.3, -0.25) is 4.79 Å². The number of ether oxygens (including phenoxy) is 2. The maximum Gasteiger partial charge on any atom is 0.237 e. The third kappa shape index (κ3) is 3.68. The first-order valence-corrected chi connectivity index (χ1v) is 8.49. The number of carbonyl (C=O) groups excluding carboxylic acids is 1. The zero-order valence-electron chi connectivity index (χ0n) is 12.1. The number of amides is 1. The Hall–Kier alpha value is -1.56. The van der Waals surface area contributed by atoms with Crippen LogP contribution in [0.25, 0.3) is 0 Å². The number of nitrogens with one attached hydrogen (secondary N) is 1. The van der Waals surface area contributed by atoms with E-state index in [2.05, 4.69) is 5.32 Å². The van der Waals surface area contributed by atoms with Crippen LogP contribution in [0, 0.1) is 0 Å². The fraction of sp³-hybridized carbons (Fsp3) is 0.188. The largest absolute Gasteiger partial charge is 0.454 e. The normalized spacial score (nSPS) is 13.7. The lowest BCUT2D eigenvalue weighted by Gasteiger charge is -2.14. The highest BCUT2D eigenvalue weighted by atomic mass is 35.5. The Morgan fingerprint density at radius 2 is 1.87 bits per heavy atom. The molecule has 0 spiro atoms. The topological polar surface area (TPSA) is 47.6 Å². The molecule has 0 unspecified atom stereocenters. The first-order valence-electron chi connectivity index (χ1n) is 6.86. The number of benzene rings is 2. The predicted molar refractivity (Wildman–Crippen MR) is 93.0 cm³/mol. The van der Waals surface area contributed by atoms with Gasteiger partial charge in [0, 0.05) is 16.6 Å². The summed E-state index contributed by atoms with van der Waals surface area (Å²) in [5.74, 6) is 1.15. The molecule has 4 nitrogen and oxygen atoms in total. The molecule has 23 heavy (non-hydrogen) atoms. The number of carbonyl (C=O) groups is 1. The summed E-state index contributed by atoms with van der Waals surface area (Å²) in [7, 11) is 0. The van der Waals surface area contributed by atoms with Crippen LogP contribution in [0.15, 0.2) is 41.3 Å². The number of halogens is 2. The highest BCUT2D eigenvalue weighted by molar-refractivity contribution is 8.00. The predicted octanol–water partition coefficient (Wildman–Crippen LogP) is 4.84. The maximum atomic E-state index is 12.3. The lowest BCUT2D eigenvalue weighted by molar-refractivity contribution is -0.115. The molecule has 1 N–H and O–H groups in total. The van der Waals surface area contributed by atoms with Crippen molar-refractivity contribution in [2.24, 2.45) is 0 Å². The van der Waals surface area contributed by atoms with Gasteiger partial charge in [0.2, 0.25) is 12.7 Å². The van der Waals surface area contributed by atoms with Crippen molar-refractivity contribution in [2.45, 2.75) is 17.1 Å². The van der Waals surface area contributed by atoms with E-state index in [4.69, 9.17) is 32.7 Å². The number of anilines is 1. The molecule has 7 heteroatoms. The highest BCUT2D eigenvalue weighted by Crippen LogP contribution is 2.37. The van der Waals surface area contributed by atoms with Gasteiger partial charge < -0.3 is 14.8 Å².